The molecule has 1 aliphatic rings. The Morgan fingerprint density at radius 1 is 0.929 bits per heavy atom. The maximum Gasteiger partial charge on any atom is 0.255 e. The molecule has 0 saturated carbocycles. The van der Waals surface area contributed by atoms with Crippen LogP contribution in [0.15, 0.2) is 97.3 Å². The summed E-state index contributed by atoms with van der Waals surface area (Å²) in [6.07, 6.45) is 3.01. The molecule has 1 fully saturated rings. The summed E-state index contributed by atoms with van der Waals surface area (Å²) in [5.74, 6) is -0.618. The Labute approximate surface area is 245 Å². The van der Waals surface area contributed by atoms with Crippen molar-refractivity contribution >= 4 is 17.3 Å². The average Bonchev–Trinajstić information content (AvgIpc) is 2.99. The van der Waals surface area contributed by atoms with E-state index in [4.69, 9.17) is 5.41 Å². The molecule has 3 aromatic carbocycles. The second-order valence-corrected chi connectivity index (χ2v) is 10.8. The van der Waals surface area contributed by atoms with Gasteiger partial charge in [0.2, 0.25) is 0 Å². The van der Waals surface area contributed by atoms with Gasteiger partial charge in [-0.2, -0.15) is 0 Å². The number of aryl methyl sites for hydroxylation is 2. The summed E-state index contributed by atoms with van der Waals surface area (Å²) in [7, 11) is 0. The van der Waals surface area contributed by atoms with E-state index in [0.717, 1.165) is 35.4 Å². The molecule has 42 heavy (non-hydrogen) atoms. The topological polar surface area (TPSA) is 60.3 Å². The Balaban J connectivity index is 1.27. The minimum Gasteiger partial charge on any atom is -0.341 e. The number of carbonyl (C=O) groups excluding carboxylic acids is 1. The van der Waals surface area contributed by atoms with Gasteiger partial charge in [0.1, 0.15) is 11.6 Å². The van der Waals surface area contributed by atoms with Crippen molar-refractivity contribution in [1.82, 2.24) is 9.88 Å². The molecule has 7 heteroatoms. The molecule has 0 radical (unpaired) electrons. The number of halogens is 2. The lowest BCUT2D eigenvalue weighted by Gasteiger charge is -2.38. The number of amides is 1. The third kappa shape index (κ3) is 6.30. The van der Waals surface area contributed by atoms with Crippen LogP contribution in [0.5, 0.6) is 0 Å². The zero-order chi connectivity index (χ0) is 29.8. The van der Waals surface area contributed by atoms with Crippen LogP contribution < -0.4 is 4.90 Å². The molecule has 214 valence electrons. The number of anilines is 1. The van der Waals surface area contributed by atoms with Gasteiger partial charge in [0, 0.05) is 48.7 Å². The summed E-state index contributed by atoms with van der Waals surface area (Å²) in [6.45, 7) is 10.0. The van der Waals surface area contributed by atoms with Crippen molar-refractivity contribution in [3.05, 3.63) is 142 Å². The second kappa shape index (κ2) is 12.5. The van der Waals surface area contributed by atoms with Gasteiger partial charge in [0.25, 0.3) is 5.91 Å². The summed E-state index contributed by atoms with van der Waals surface area (Å²) < 4.78 is 27.7. The van der Waals surface area contributed by atoms with Crippen LogP contribution in [0.25, 0.3) is 0 Å². The molecule has 2 heterocycles. The van der Waals surface area contributed by atoms with Crippen molar-refractivity contribution in [1.29, 1.82) is 5.41 Å². The number of rotatable bonds is 8. The van der Waals surface area contributed by atoms with E-state index < -0.39 is 5.82 Å². The highest BCUT2D eigenvalue weighted by Crippen LogP contribution is 2.33. The van der Waals surface area contributed by atoms with Crippen LogP contribution >= 0.6 is 0 Å². The Morgan fingerprint density at radius 3 is 2.29 bits per heavy atom. The Bertz CT molecular complexity index is 1640. The van der Waals surface area contributed by atoms with Crippen LogP contribution in [-0.4, -0.2) is 34.6 Å². The number of allylic oxidation sites excluding steroid dienone is 1. The van der Waals surface area contributed by atoms with E-state index in [9.17, 15) is 13.6 Å². The summed E-state index contributed by atoms with van der Waals surface area (Å²) in [4.78, 5) is 21.8. The lowest BCUT2D eigenvalue weighted by molar-refractivity contribution is 0.0701. The number of benzene rings is 3. The highest BCUT2D eigenvalue weighted by atomic mass is 19.1. The number of pyridine rings is 1. The van der Waals surface area contributed by atoms with Crippen molar-refractivity contribution in [2.24, 2.45) is 5.92 Å². The zero-order valence-corrected chi connectivity index (χ0v) is 23.9. The molecule has 1 N–H and O–H groups in total. The average molecular weight is 565 g/mol. The molecule has 1 saturated heterocycles. The SMILES string of the molecule is C=C(C1CCN(C(=O)c2cnc(C(=N)c3cccc(F)c3)c(C)c2)CC1)N(Cc1cccc(F)c1)c1ccccc1C. The summed E-state index contributed by atoms with van der Waals surface area (Å²) in [5.41, 5.74) is 6.09. The number of carbonyl (C=O) groups is 1. The van der Waals surface area contributed by atoms with Crippen LogP contribution in [-0.2, 0) is 6.54 Å². The predicted molar refractivity (Wildman–Crippen MR) is 163 cm³/mol. The highest BCUT2D eigenvalue weighted by molar-refractivity contribution is 6.10. The largest absolute Gasteiger partial charge is 0.341 e. The predicted octanol–water partition coefficient (Wildman–Crippen LogP) is 7.47. The molecule has 0 spiro atoms. The number of likely N-dealkylation sites (tertiary alicyclic amines) is 1. The van der Waals surface area contributed by atoms with Crippen LogP contribution in [0.2, 0.25) is 0 Å². The van der Waals surface area contributed by atoms with Gasteiger partial charge in [-0.1, -0.05) is 49.0 Å². The van der Waals surface area contributed by atoms with Gasteiger partial charge < -0.3 is 9.80 Å². The Morgan fingerprint density at radius 2 is 1.62 bits per heavy atom. The number of para-hydroxylation sites is 1. The van der Waals surface area contributed by atoms with Gasteiger partial charge in [-0.15, -0.1) is 0 Å². The zero-order valence-electron chi connectivity index (χ0n) is 23.9. The van der Waals surface area contributed by atoms with Crippen molar-refractivity contribution in [3.63, 3.8) is 0 Å². The number of aromatic nitrogens is 1. The minimum atomic E-state index is -0.413. The molecule has 0 bridgehead atoms. The third-order valence-corrected chi connectivity index (χ3v) is 7.91. The fourth-order valence-electron chi connectivity index (χ4n) is 5.58. The quantitative estimate of drug-likeness (QED) is 0.226. The molecule has 0 aliphatic carbocycles. The van der Waals surface area contributed by atoms with E-state index in [-0.39, 0.29) is 23.4 Å². The van der Waals surface area contributed by atoms with Gasteiger partial charge in [-0.05, 0) is 79.8 Å². The smallest absolute Gasteiger partial charge is 0.255 e. The molecular formula is C35H34F2N4O. The summed E-state index contributed by atoms with van der Waals surface area (Å²) in [5, 5.41) is 8.48. The lowest BCUT2D eigenvalue weighted by atomic mass is 9.92. The second-order valence-electron chi connectivity index (χ2n) is 10.8. The van der Waals surface area contributed by atoms with E-state index in [1.165, 1.54) is 24.4 Å². The number of piperidine rings is 1. The van der Waals surface area contributed by atoms with Crippen molar-refractivity contribution < 1.29 is 13.6 Å². The molecule has 5 nitrogen and oxygen atoms in total. The summed E-state index contributed by atoms with van der Waals surface area (Å²) >= 11 is 0. The third-order valence-electron chi connectivity index (χ3n) is 7.91. The lowest BCUT2D eigenvalue weighted by Crippen LogP contribution is -2.40. The van der Waals surface area contributed by atoms with E-state index in [1.807, 2.05) is 30.0 Å². The first-order valence-corrected chi connectivity index (χ1v) is 14.1. The molecule has 0 unspecified atom stereocenters. The van der Waals surface area contributed by atoms with Crippen molar-refractivity contribution in [2.45, 2.75) is 33.2 Å². The van der Waals surface area contributed by atoms with E-state index in [1.54, 1.807) is 30.3 Å². The minimum absolute atomic E-state index is 0.103. The standard InChI is InChI=1S/C35H34F2N4O/c1-23-8-4-5-13-32(23)41(22-26-9-6-11-30(36)19-26)25(3)27-14-16-40(17-15-27)35(42)29-18-24(2)34(39-21-29)33(38)28-10-7-12-31(37)20-28/h4-13,18-21,27,38H,3,14-17,22H2,1-2H3. The van der Waals surface area contributed by atoms with Crippen LogP contribution in [0.3, 0.4) is 0 Å². The van der Waals surface area contributed by atoms with E-state index in [0.29, 0.717) is 42.0 Å². The molecule has 1 aromatic heterocycles. The summed E-state index contributed by atoms with van der Waals surface area (Å²) in [6, 6.07) is 22.4. The van der Waals surface area contributed by atoms with Gasteiger partial charge >= 0.3 is 0 Å². The highest BCUT2D eigenvalue weighted by Gasteiger charge is 2.29. The normalized spacial score (nSPS) is 13.6. The first-order chi connectivity index (χ1) is 20.2. The van der Waals surface area contributed by atoms with Gasteiger partial charge in [-0.25, -0.2) is 8.78 Å². The Kier molecular flexibility index (Phi) is 8.57. The number of nitrogens with one attached hydrogen (secondary N) is 1. The molecule has 1 aliphatic heterocycles. The number of nitrogens with zero attached hydrogens (tertiary/aromatic N) is 3. The fraction of sp³-hybridized carbons (Fsp3) is 0.229. The van der Waals surface area contributed by atoms with Gasteiger partial charge in [0.15, 0.2) is 0 Å². The first-order valence-electron chi connectivity index (χ1n) is 14.1. The fourth-order valence-corrected chi connectivity index (χ4v) is 5.58. The molecule has 1 amide bonds. The maximum absolute atomic E-state index is 14.0. The van der Waals surface area contributed by atoms with Crippen LogP contribution in [0.4, 0.5) is 14.5 Å². The Hall–Kier alpha value is -4.65. The van der Waals surface area contributed by atoms with Crippen molar-refractivity contribution in [3.8, 4) is 0 Å². The number of hydrogen-bond donors (Lipinski definition) is 1. The molecule has 4 aromatic rings. The van der Waals surface area contributed by atoms with E-state index >= 15 is 0 Å². The monoisotopic (exact) mass is 564 g/mol. The van der Waals surface area contributed by atoms with E-state index in [2.05, 4.69) is 35.5 Å². The van der Waals surface area contributed by atoms with Crippen LogP contribution in [0, 0.1) is 36.8 Å². The van der Waals surface area contributed by atoms with Crippen molar-refractivity contribution in [2.75, 3.05) is 18.0 Å². The van der Waals surface area contributed by atoms with Gasteiger partial charge in [-0.3, -0.25) is 15.2 Å². The maximum atomic E-state index is 14.0. The molecule has 0 atom stereocenters. The molecular weight excluding hydrogens is 530 g/mol. The first kappa shape index (κ1) is 28.9. The molecule has 5 rings (SSSR count). The van der Waals surface area contributed by atoms with Gasteiger partial charge in [0.05, 0.1) is 17.0 Å². The number of hydrogen-bond acceptors (Lipinski definition) is 4. The van der Waals surface area contributed by atoms with Crippen LogP contribution in [0.1, 0.15) is 51.1 Å².